The van der Waals surface area contributed by atoms with Gasteiger partial charge in [0, 0.05) is 12.1 Å². The molecule has 9 heteroatoms. The maximum atomic E-state index is 12.6. The number of amides is 1. The van der Waals surface area contributed by atoms with E-state index in [1.54, 1.807) is 25.7 Å². The molecule has 26 heavy (non-hydrogen) atoms. The van der Waals surface area contributed by atoms with E-state index < -0.39 is 27.9 Å². The highest BCUT2D eigenvalue weighted by Gasteiger charge is 2.47. The summed E-state index contributed by atoms with van der Waals surface area (Å²) < 4.78 is 33.7. The van der Waals surface area contributed by atoms with E-state index in [9.17, 15) is 13.2 Å². The number of rotatable bonds is 3. The Balaban J connectivity index is 2.15. The summed E-state index contributed by atoms with van der Waals surface area (Å²) in [6, 6.07) is -0.288. The van der Waals surface area contributed by atoms with Gasteiger partial charge in [-0.05, 0) is 54.4 Å². The second-order valence-corrected chi connectivity index (χ2v) is 10.7. The molecule has 0 radical (unpaired) electrons. The van der Waals surface area contributed by atoms with Gasteiger partial charge in [-0.3, -0.25) is 13.9 Å². The average Bonchev–Trinajstić information content (AvgIpc) is 2.99. The van der Waals surface area contributed by atoms with Gasteiger partial charge in [-0.15, -0.1) is 0 Å². The van der Waals surface area contributed by atoms with Crippen LogP contribution >= 0.6 is 0 Å². The van der Waals surface area contributed by atoms with Gasteiger partial charge in [0.15, 0.2) is 0 Å². The SMILES string of the molecule is CC(C)(C)OC(=O)N1C[C@H](OS(C)(=O)=O)C[C@H]1[C@H]1CCN(C(C)(C)C)O1. The molecule has 0 aromatic rings. The van der Waals surface area contributed by atoms with Crippen LogP contribution in [0.2, 0.25) is 0 Å². The fraction of sp³-hybridized carbons (Fsp3) is 0.941. The minimum absolute atomic E-state index is 0.146. The Morgan fingerprint density at radius 3 is 2.23 bits per heavy atom. The van der Waals surface area contributed by atoms with E-state index in [0.29, 0.717) is 6.42 Å². The topological polar surface area (TPSA) is 85.4 Å². The lowest BCUT2D eigenvalue weighted by Gasteiger charge is -2.33. The molecule has 0 bridgehead atoms. The molecule has 0 aromatic carbocycles. The molecule has 0 aliphatic carbocycles. The second-order valence-electron chi connectivity index (χ2n) is 9.06. The number of likely N-dealkylation sites (tertiary alicyclic amines) is 1. The molecule has 0 N–H and O–H groups in total. The maximum Gasteiger partial charge on any atom is 0.410 e. The van der Waals surface area contributed by atoms with Crippen LogP contribution in [-0.2, 0) is 23.9 Å². The molecule has 0 spiro atoms. The fourth-order valence-electron chi connectivity index (χ4n) is 3.30. The number of hydrogen-bond acceptors (Lipinski definition) is 7. The van der Waals surface area contributed by atoms with E-state index in [1.807, 2.05) is 5.06 Å². The number of ether oxygens (including phenoxy) is 1. The molecule has 0 saturated carbocycles. The van der Waals surface area contributed by atoms with Crippen LogP contribution in [-0.4, -0.2) is 73.2 Å². The summed E-state index contributed by atoms with van der Waals surface area (Å²) in [5.74, 6) is 0. The molecule has 2 fully saturated rings. The van der Waals surface area contributed by atoms with Gasteiger partial charge in [-0.2, -0.15) is 13.5 Å². The Hall–Kier alpha value is -0.900. The highest BCUT2D eigenvalue weighted by atomic mass is 32.2. The minimum atomic E-state index is -3.60. The third-order valence-electron chi connectivity index (χ3n) is 4.30. The zero-order chi connectivity index (χ0) is 19.9. The molecule has 2 heterocycles. The second kappa shape index (κ2) is 7.26. The molecular formula is C17H32N2O6S. The van der Waals surface area contributed by atoms with Gasteiger partial charge < -0.3 is 4.74 Å². The van der Waals surface area contributed by atoms with Gasteiger partial charge in [-0.1, -0.05) is 0 Å². The van der Waals surface area contributed by atoms with Crippen LogP contribution in [0.15, 0.2) is 0 Å². The third kappa shape index (κ3) is 5.80. The summed E-state index contributed by atoms with van der Waals surface area (Å²) in [5, 5.41) is 1.91. The maximum absolute atomic E-state index is 12.6. The summed E-state index contributed by atoms with van der Waals surface area (Å²) in [6.07, 6.45) is 0.900. The standard InChI is InChI=1S/C17H32N2O6S/c1-16(2,3)19-9-8-14(24-19)13-10-12(25-26(7,21)22)11-18(13)15(20)23-17(4,5)6/h12-14H,8-11H2,1-7H3/t12-,13+,14-/m1/s1. The summed E-state index contributed by atoms with van der Waals surface area (Å²) in [5.41, 5.74) is -0.780. The first-order chi connectivity index (χ1) is 11.7. The summed E-state index contributed by atoms with van der Waals surface area (Å²) in [4.78, 5) is 20.3. The van der Waals surface area contributed by atoms with Crippen LogP contribution < -0.4 is 0 Å². The molecular weight excluding hydrogens is 360 g/mol. The lowest BCUT2D eigenvalue weighted by Crippen LogP contribution is -2.46. The molecule has 1 amide bonds. The summed E-state index contributed by atoms with van der Waals surface area (Å²) in [6.45, 7) is 12.5. The van der Waals surface area contributed by atoms with E-state index in [2.05, 4.69) is 20.8 Å². The largest absolute Gasteiger partial charge is 0.444 e. The predicted octanol–water partition coefficient (Wildman–Crippen LogP) is 2.14. The van der Waals surface area contributed by atoms with Gasteiger partial charge in [0.25, 0.3) is 10.1 Å². The van der Waals surface area contributed by atoms with Gasteiger partial charge in [-0.25, -0.2) is 4.79 Å². The lowest BCUT2D eigenvalue weighted by atomic mass is 10.0. The molecule has 3 atom stereocenters. The third-order valence-corrected chi connectivity index (χ3v) is 4.92. The predicted molar refractivity (Wildman–Crippen MR) is 97.0 cm³/mol. The van der Waals surface area contributed by atoms with Crippen molar-refractivity contribution in [3.8, 4) is 0 Å². The number of nitrogens with zero attached hydrogens (tertiary/aromatic N) is 2. The number of hydrogen-bond donors (Lipinski definition) is 0. The number of carbonyl (C=O) groups is 1. The van der Waals surface area contributed by atoms with Crippen molar-refractivity contribution in [3.05, 3.63) is 0 Å². The van der Waals surface area contributed by atoms with Crippen LogP contribution in [0.25, 0.3) is 0 Å². The van der Waals surface area contributed by atoms with Crippen molar-refractivity contribution in [2.45, 2.75) is 83.8 Å². The van der Waals surface area contributed by atoms with Crippen molar-refractivity contribution in [1.29, 1.82) is 0 Å². The lowest BCUT2D eigenvalue weighted by molar-refractivity contribution is -0.204. The van der Waals surface area contributed by atoms with E-state index in [1.165, 1.54) is 0 Å². The molecule has 2 rings (SSSR count). The van der Waals surface area contributed by atoms with Gasteiger partial charge in [0.1, 0.15) is 11.7 Å². The first-order valence-corrected chi connectivity index (χ1v) is 10.8. The average molecular weight is 393 g/mol. The first-order valence-electron chi connectivity index (χ1n) is 8.98. The molecule has 8 nitrogen and oxygen atoms in total. The zero-order valence-electron chi connectivity index (χ0n) is 16.8. The highest BCUT2D eigenvalue weighted by Crippen LogP contribution is 2.33. The molecule has 2 aliphatic rings. The normalized spacial score (nSPS) is 28.6. The molecule has 2 aliphatic heterocycles. The minimum Gasteiger partial charge on any atom is -0.444 e. The first kappa shape index (κ1) is 21.4. The molecule has 2 saturated heterocycles. The molecule has 0 aromatic heterocycles. The fourth-order valence-corrected chi connectivity index (χ4v) is 3.93. The van der Waals surface area contributed by atoms with Crippen molar-refractivity contribution in [2.75, 3.05) is 19.3 Å². The van der Waals surface area contributed by atoms with Crippen LogP contribution in [0.4, 0.5) is 4.79 Å². The number of carbonyl (C=O) groups excluding carboxylic acids is 1. The zero-order valence-corrected chi connectivity index (χ0v) is 17.6. The highest BCUT2D eigenvalue weighted by molar-refractivity contribution is 7.86. The van der Waals surface area contributed by atoms with E-state index in [4.69, 9.17) is 13.8 Å². The Bertz CT molecular complexity index is 622. The van der Waals surface area contributed by atoms with Gasteiger partial charge in [0.2, 0.25) is 0 Å². The van der Waals surface area contributed by atoms with Crippen LogP contribution in [0.1, 0.15) is 54.4 Å². The molecule has 0 unspecified atom stereocenters. The monoisotopic (exact) mass is 392 g/mol. The van der Waals surface area contributed by atoms with Crippen molar-refractivity contribution in [3.63, 3.8) is 0 Å². The Kier molecular flexibility index (Phi) is 5.97. The van der Waals surface area contributed by atoms with Crippen LogP contribution in [0.3, 0.4) is 0 Å². The van der Waals surface area contributed by atoms with E-state index in [0.717, 1.165) is 19.2 Å². The smallest absolute Gasteiger partial charge is 0.410 e. The Morgan fingerprint density at radius 2 is 1.77 bits per heavy atom. The summed E-state index contributed by atoms with van der Waals surface area (Å²) >= 11 is 0. The van der Waals surface area contributed by atoms with Crippen molar-refractivity contribution < 1.29 is 27.0 Å². The number of hydroxylamine groups is 2. The Labute approximate surface area is 156 Å². The molecule has 152 valence electrons. The van der Waals surface area contributed by atoms with Crippen LogP contribution in [0.5, 0.6) is 0 Å². The van der Waals surface area contributed by atoms with Crippen LogP contribution in [0, 0.1) is 0 Å². The van der Waals surface area contributed by atoms with Gasteiger partial charge in [0.05, 0.1) is 24.9 Å². The van der Waals surface area contributed by atoms with E-state index >= 15 is 0 Å². The van der Waals surface area contributed by atoms with Gasteiger partial charge >= 0.3 is 6.09 Å². The van der Waals surface area contributed by atoms with Crippen molar-refractivity contribution in [2.24, 2.45) is 0 Å². The van der Waals surface area contributed by atoms with Crippen molar-refractivity contribution >= 4 is 16.2 Å². The summed E-state index contributed by atoms with van der Waals surface area (Å²) in [7, 11) is -3.60. The quantitative estimate of drug-likeness (QED) is 0.680. The Morgan fingerprint density at radius 1 is 1.15 bits per heavy atom. The van der Waals surface area contributed by atoms with Crippen molar-refractivity contribution in [1.82, 2.24) is 9.96 Å². The van der Waals surface area contributed by atoms with E-state index in [-0.39, 0.29) is 24.2 Å².